The molecule has 0 aliphatic rings. The molecule has 2 N–H and O–H groups in total. The molecule has 0 aliphatic carbocycles. The minimum atomic E-state index is -0.0192. The van der Waals surface area contributed by atoms with Crippen molar-refractivity contribution in [3.63, 3.8) is 0 Å². The predicted octanol–water partition coefficient (Wildman–Crippen LogP) is 1.65. The van der Waals surface area contributed by atoms with Crippen LogP contribution in [0, 0.1) is 11.8 Å². The number of hydrogen-bond donors (Lipinski definition) is 1. The lowest BCUT2D eigenvalue weighted by molar-refractivity contribution is 0.0756. The SMILES string of the molecule is CCCCN(CC)C(=O)c1ccc(C#CCN)cn1. The van der Waals surface area contributed by atoms with Crippen LogP contribution in [0.15, 0.2) is 18.3 Å². The van der Waals surface area contributed by atoms with Gasteiger partial charge in [0.05, 0.1) is 6.54 Å². The van der Waals surface area contributed by atoms with Gasteiger partial charge in [0.25, 0.3) is 5.91 Å². The van der Waals surface area contributed by atoms with E-state index in [4.69, 9.17) is 5.73 Å². The lowest BCUT2D eigenvalue weighted by Gasteiger charge is -2.19. The molecule has 4 heteroatoms. The molecule has 0 saturated carbocycles. The summed E-state index contributed by atoms with van der Waals surface area (Å²) >= 11 is 0. The number of nitrogens with two attached hydrogens (primary N) is 1. The van der Waals surface area contributed by atoms with Crippen molar-refractivity contribution in [2.75, 3.05) is 19.6 Å². The Hall–Kier alpha value is -1.86. The third-order valence-electron chi connectivity index (χ3n) is 2.77. The molecule has 1 aromatic heterocycles. The van der Waals surface area contributed by atoms with Gasteiger partial charge >= 0.3 is 0 Å². The van der Waals surface area contributed by atoms with E-state index in [2.05, 4.69) is 23.7 Å². The van der Waals surface area contributed by atoms with Crippen molar-refractivity contribution in [2.45, 2.75) is 26.7 Å². The van der Waals surface area contributed by atoms with E-state index >= 15 is 0 Å². The second-order valence-corrected chi connectivity index (χ2v) is 4.18. The van der Waals surface area contributed by atoms with Gasteiger partial charge in [0, 0.05) is 24.8 Å². The van der Waals surface area contributed by atoms with Crippen LogP contribution in [0.3, 0.4) is 0 Å². The highest BCUT2D eigenvalue weighted by molar-refractivity contribution is 5.92. The fourth-order valence-corrected chi connectivity index (χ4v) is 1.66. The molecule has 0 atom stereocenters. The van der Waals surface area contributed by atoms with Crippen molar-refractivity contribution >= 4 is 5.91 Å². The predicted molar refractivity (Wildman–Crippen MR) is 76.7 cm³/mol. The Morgan fingerprint density at radius 1 is 1.42 bits per heavy atom. The van der Waals surface area contributed by atoms with E-state index in [0.29, 0.717) is 18.8 Å². The van der Waals surface area contributed by atoms with Gasteiger partial charge in [-0.05, 0) is 25.5 Å². The van der Waals surface area contributed by atoms with Gasteiger partial charge in [-0.1, -0.05) is 25.2 Å². The van der Waals surface area contributed by atoms with Crippen LogP contribution in [0.2, 0.25) is 0 Å². The van der Waals surface area contributed by atoms with Crippen molar-refractivity contribution in [3.8, 4) is 11.8 Å². The van der Waals surface area contributed by atoms with Crippen molar-refractivity contribution in [3.05, 3.63) is 29.6 Å². The summed E-state index contributed by atoms with van der Waals surface area (Å²) < 4.78 is 0. The minimum Gasteiger partial charge on any atom is -0.338 e. The molecule has 1 amide bonds. The molecule has 4 nitrogen and oxygen atoms in total. The number of rotatable bonds is 5. The normalized spacial score (nSPS) is 9.63. The summed E-state index contributed by atoms with van der Waals surface area (Å²) in [5.74, 6) is 5.62. The minimum absolute atomic E-state index is 0.0192. The standard InChI is InChI=1S/C15H21N3O/c1-3-5-11-18(4-2)15(19)14-9-8-13(12-17-14)7-6-10-16/h8-9,12H,3-5,10-11,16H2,1-2H3. The van der Waals surface area contributed by atoms with E-state index < -0.39 is 0 Å². The number of pyridine rings is 1. The van der Waals surface area contributed by atoms with E-state index in [1.807, 2.05) is 11.8 Å². The number of amides is 1. The maximum absolute atomic E-state index is 12.2. The Labute approximate surface area is 115 Å². The average molecular weight is 259 g/mol. The van der Waals surface area contributed by atoms with Crippen molar-refractivity contribution in [1.29, 1.82) is 0 Å². The van der Waals surface area contributed by atoms with Crippen LogP contribution in [-0.2, 0) is 0 Å². The highest BCUT2D eigenvalue weighted by atomic mass is 16.2. The van der Waals surface area contributed by atoms with E-state index in [1.165, 1.54) is 0 Å². The molecule has 0 spiro atoms. The first-order valence-electron chi connectivity index (χ1n) is 6.67. The number of nitrogens with zero attached hydrogens (tertiary/aromatic N) is 2. The Balaban J connectivity index is 2.75. The summed E-state index contributed by atoms with van der Waals surface area (Å²) in [6.07, 6.45) is 3.70. The van der Waals surface area contributed by atoms with Crippen molar-refractivity contribution in [2.24, 2.45) is 5.73 Å². The second-order valence-electron chi connectivity index (χ2n) is 4.18. The van der Waals surface area contributed by atoms with Gasteiger partial charge in [0.15, 0.2) is 0 Å². The maximum atomic E-state index is 12.2. The maximum Gasteiger partial charge on any atom is 0.272 e. The van der Waals surface area contributed by atoms with Gasteiger partial charge in [0.2, 0.25) is 0 Å². The van der Waals surface area contributed by atoms with Crippen LogP contribution in [0.5, 0.6) is 0 Å². The summed E-state index contributed by atoms with van der Waals surface area (Å²) in [6, 6.07) is 3.52. The van der Waals surface area contributed by atoms with Crippen LogP contribution in [0.1, 0.15) is 42.7 Å². The van der Waals surface area contributed by atoms with Crippen molar-refractivity contribution in [1.82, 2.24) is 9.88 Å². The number of aromatic nitrogens is 1. The van der Waals surface area contributed by atoms with Crippen LogP contribution < -0.4 is 5.73 Å². The summed E-state index contributed by atoms with van der Waals surface area (Å²) in [4.78, 5) is 18.2. The molecule has 0 aromatic carbocycles. The largest absolute Gasteiger partial charge is 0.338 e. The lowest BCUT2D eigenvalue weighted by Crippen LogP contribution is -2.32. The molecule has 0 aliphatic heterocycles. The number of carbonyl (C=O) groups is 1. The molecular weight excluding hydrogens is 238 g/mol. The van der Waals surface area contributed by atoms with Gasteiger partial charge in [-0.3, -0.25) is 4.79 Å². The van der Waals surface area contributed by atoms with Gasteiger partial charge < -0.3 is 10.6 Å². The quantitative estimate of drug-likeness (QED) is 0.818. The van der Waals surface area contributed by atoms with Crippen LogP contribution >= 0.6 is 0 Å². The zero-order valence-electron chi connectivity index (χ0n) is 11.6. The zero-order valence-corrected chi connectivity index (χ0v) is 11.6. The van der Waals surface area contributed by atoms with Crippen LogP contribution in [0.4, 0.5) is 0 Å². The van der Waals surface area contributed by atoms with Crippen LogP contribution in [0.25, 0.3) is 0 Å². The molecule has 0 radical (unpaired) electrons. The fourth-order valence-electron chi connectivity index (χ4n) is 1.66. The summed E-state index contributed by atoms with van der Waals surface area (Å²) in [6.45, 7) is 5.90. The fraction of sp³-hybridized carbons (Fsp3) is 0.467. The molecule has 0 unspecified atom stereocenters. The first-order valence-corrected chi connectivity index (χ1v) is 6.67. The van der Waals surface area contributed by atoms with Crippen LogP contribution in [-0.4, -0.2) is 35.4 Å². The molecule has 0 saturated heterocycles. The van der Waals surface area contributed by atoms with Crippen molar-refractivity contribution < 1.29 is 4.79 Å². The molecule has 0 fully saturated rings. The monoisotopic (exact) mass is 259 g/mol. The van der Waals surface area contributed by atoms with E-state index in [9.17, 15) is 4.79 Å². The van der Waals surface area contributed by atoms with Gasteiger partial charge in [-0.25, -0.2) is 4.98 Å². The number of unbranched alkanes of at least 4 members (excludes halogenated alkanes) is 1. The zero-order chi connectivity index (χ0) is 14.1. The highest BCUT2D eigenvalue weighted by Crippen LogP contribution is 2.05. The molecule has 102 valence electrons. The third kappa shape index (κ3) is 4.72. The van der Waals surface area contributed by atoms with E-state index in [0.717, 1.165) is 24.9 Å². The Kier molecular flexibility index (Phi) is 6.62. The summed E-state index contributed by atoms with van der Waals surface area (Å²) in [5.41, 5.74) is 6.55. The highest BCUT2D eigenvalue weighted by Gasteiger charge is 2.14. The first kappa shape index (κ1) is 15.2. The summed E-state index contributed by atoms with van der Waals surface area (Å²) in [5, 5.41) is 0. The Morgan fingerprint density at radius 3 is 2.74 bits per heavy atom. The molecule has 1 heterocycles. The molecule has 0 bridgehead atoms. The van der Waals surface area contributed by atoms with Gasteiger partial charge in [-0.2, -0.15) is 0 Å². The molecule has 1 aromatic rings. The molecular formula is C15H21N3O. The third-order valence-corrected chi connectivity index (χ3v) is 2.77. The van der Waals surface area contributed by atoms with Gasteiger partial charge in [-0.15, -0.1) is 0 Å². The molecule has 19 heavy (non-hydrogen) atoms. The first-order chi connectivity index (χ1) is 9.22. The average Bonchev–Trinajstić information content (AvgIpc) is 2.46. The second kappa shape index (κ2) is 8.28. The van der Waals surface area contributed by atoms with E-state index in [1.54, 1.807) is 18.3 Å². The van der Waals surface area contributed by atoms with Gasteiger partial charge in [0.1, 0.15) is 5.69 Å². The smallest absolute Gasteiger partial charge is 0.272 e. The number of carbonyl (C=O) groups excluding carboxylic acids is 1. The lowest BCUT2D eigenvalue weighted by atomic mass is 10.2. The topological polar surface area (TPSA) is 59.2 Å². The molecule has 1 rings (SSSR count). The summed E-state index contributed by atoms with van der Waals surface area (Å²) in [7, 11) is 0. The Bertz CT molecular complexity index is 457. The van der Waals surface area contributed by atoms with E-state index in [-0.39, 0.29) is 5.91 Å². The number of hydrogen-bond acceptors (Lipinski definition) is 3. The Morgan fingerprint density at radius 2 is 2.21 bits per heavy atom.